The Hall–Kier alpha value is -1.02. The lowest BCUT2D eigenvalue weighted by Crippen LogP contribution is -2.03. The molecule has 2 heteroatoms. The molecule has 0 aliphatic heterocycles. The van der Waals surface area contributed by atoms with E-state index in [1.807, 2.05) is 0 Å². The number of hydrogen-bond acceptors (Lipinski definition) is 2. The van der Waals surface area contributed by atoms with E-state index in [1.54, 1.807) is 0 Å². The van der Waals surface area contributed by atoms with Crippen LogP contribution in [0.3, 0.4) is 0 Å². The highest BCUT2D eigenvalue weighted by atomic mass is 14.9. The Kier molecular flexibility index (Phi) is 5.08. The lowest BCUT2D eigenvalue weighted by molar-refractivity contribution is 0.834. The van der Waals surface area contributed by atoms with Gasteiger partial charge in [-0.25, -0.2) is 0 Å². The molecule has 0 amide bonds. The van der Waals surface area contributed by atoms with Gasteiger partial charge in [0.1, 0.15) is 0 Å². The Morgan fingerprint density at radius 1 is 1.21 bits per heavy atom. The summed E-state index contributed by atoms with van der Waals surface area (Å²) in [6.07, 6.45) is 3.43. The van der Waals surface area contributed by atoms with Crippen molar-refractivity contribution in [2.45, 2.75) is 26.2 Å². The van der Waals surface area contributed by atoms with Crippen LogP contribution < -0.4 is 11.1 Å². The maximum atomic E-state index is 5.48. The number of unbranched alkanes of at least 4 members (excludes halogenated alkanes) is 1. The third-order valence-electron chi connectivity index (χ3n) is 2.25. The maximum Gasteiger partial charge on any atom is 0.0340 e. The van der Waals surface area contributed by atoms with Crippen LogP contribution in [0.2, 0.25) is 0 Å². The van der Waals surface area contributed by atoms with Crippen molar-refractivity contribution in [3.63, 3.8) is 0 Å². The first-order valence-electron chi connectivity index (χ1n) is 5.39. The van der Waals surface area contributed by atoms with Gasteiger partial charge in [0.05, 0.1) is 0 Å². The highest BCUT2D eigenvalue weighted by Crippen LogP contribution is 2.09. The van der Waals surface area contributed by atoms with Gasteiger partial charge in [-0.1, -0.05) is 25.5 Å². The molecular formula is C12H20N2. The minimum Gasteiger partial charge on any atom is -0.385 e. The fourth-order valence-electron chi connectivity index (χ4n) is 1.37. The molecule has 2 nitrogen and oxygen atoms in total. The van der Waals surface area contributed by atoms with Crippen molar-refractivity contribution >= 4 is 5.69 Å². The SMILES string of the molecule is CCCCNc1ccc(CCN)cc1. The first kappa shape index (κ1) is 11.1. The maximum absolute atomic E-state index is 5.48. The van der Waals surface area contributed by atoms with Gasteiger partial charge in [0.15, 0.2) is 0 Å². The molecule has 0 saturated carbocycles. The largest absolute Gasteiger partial charge is 0.385 e. The van der Waals surface area contributed by atoms with E-state index in [4.69, 9.17) is 5.73 Å². The Bertz CT molecular complexity index is 241. The quantitative estimate of drug-likeness (QED) is 0.679. The number of hydrogen-bond donors (Lipinski definition) is 2. The zero-order valence-electron chi connectivity index (χ0n) is 8.92. The van der Waals surface area contributed by atoms with Crippen LogP contribution in [0.1, 0.15) is 25.3 Å². The third-order valence-corrected chi connectivity index (χ3v) is 2.25. The van der Waals surface area contributed by atoms with Gasteiger partial charge >= 0.3 is 0 Å². The van der Waals surface area contributed by atoms with Gasteiger partial charge in [0.25, 0.3) is 0 Å². The molecule has 14 heavy (non-hydrogen) atoms. The molecule has 0 spiro atoms. The second-order valence-corrected chi connectivity index (χ2v) is 3.52. The molecule has 0 bridgehead atoms. The molecule has 3 N–H and O–H groups in total. The second-order valence-electron chi connectivity index (χ2n) is 3.52. The lowest BCUT2D eigenvalue weighted by Gasteiger charge is -2.06. The summed E-state index contributed by atoms with van der Waals surface area (Å²) in [6.45, 7) is 3.99. The number of nitrogens with two attached hydrogens (primary N) is 1. The van der Waals surface area contributed by atoms with Gasteiger partial charge in [-0.15, -0.1) is 0 Å². The minimum absolute atomic E-state index is 0.725. The van der Waals surface area contributed by atoms with Crippen LogP contribution in [0.15, 0.2) is 24.3 Å². The van der Waals surface area contributed by atoms with E-state index in [2.05, 4.69) is 36.5 Å². The van der Waals surface area contributed by atoms with Crippen molar-refractivity contribution in [1.29, 1.82) is 0 Å². The molecule has 0 radical (unpaired) electrons. The fourth-order valence-corrected chi connectivity index (χ4v) is 1.37. The van der Waals surface area contributed by atoms with Crippen LogP contribution in [0.4, 0.5) is 5.69 Å². The second kappa shape index (κ2) is 6.44. The summed E-state index contributed by atoms with van der Waals surface area (Å²) < 4.78 is 0. The monoisotopic (exact) mass is 192 g/mol. The fraction of sp³-hybridized carbons (Fsp3) is 0.500. The van der Waals surface area contributed by atoms with E-state index in [0.29, 0.717) is 0 Å². The average molecular weight is 192 g/mol. The van der Waals surface area contributed by atoms with Gasteiger partial charge in [-0.3, -0.25) is 0 Å². The van der Waals surface area contributed by atoms with Gasteiger partial charge in [-0.2, -0.15) is 0 Å². The van der Waals surface area contributed by atoms with Crippen LogP contribution >= 0.6 is 0 Å². The summed E-state index contributed by atoms with van der Waals surface area (Å²) >= 11 is 0. The number of rotatable bonds is 6. The van der Waals surface area contributed by atoms with E-state index in [-0.39, 0.29) is 0 Å². The van der Waals surface area contributed by atoms with Gasteiger partial charge in [-0.05, 0) is 37.1 Å². The topological polar surface area (TPSA) is 38.0 Å². The van der Waals surface area contributed by atoms with Crippen molar-refractivity contribution in [2.24, 2.45) is 5.73 Å². The summed E-state index contributed by atoms with van der Waals surface area (Å²) in [6, 6.07) is 8.53. The van der Waals surface area contributed by atoms with E-state index < -0.39 is 0 Å². The number of benzene rings is 1. The van der Waals surface area contributed by atoms with E-state index in [1.165, 1.54) is 24.1 Å². The van der Waals surface area contributed by atoms with Gasteiger partial charge in [0.2, 0.25) is 0 Å². The summed E-state index contributed by atoms with van der Waals surface area (Å²) in [5.41, 5.74) is 8.00. The van der Waals surface area contributed by atoms with E-state index >= 15 is 0 Å². The summed E-state index contributed by atoms with van der Waals surface area (Å²) in [7, 11) is 0. The van der Waals surface area contributed by atoms with Crippen molar-refractivity contribution in [3.05, 3.63) is 29.8 Å². The highest BCUT2D eigenvalue weighted by Gasteiger charge is 1.92. The molecule has 1 rings (SSSR count). The number of nitrogens with one attached hydrogen (secondary N) is 1. The highest BCUT2D eigenvalue weighted by molar-refractivity contribution is 5.44. The predicted molar refractivity (Wildman–Crippen MR) is 62.6 cm³/mol. The molecule has 1 aromatic carbocycles. The van der Waals surface area contributed by atoms with Gasteiger partial charge < -0.3 is 11.1 Å². The Morgan fingerprint density at radius 2 is 1.93 bits per heavy atom. The molecule has 0 atom stereocenters. The molecule has 0 unspecified atom stereocenters. The Labute approximate surface area is 86.5 Å². The third kappa shape index (κ3) is 3.79. The zero-order valence-corrected chi connectivity index (χ0v) is 8.92. The van der Waals surface area contributed by atoms with Crippen molar-refractivity contribution in [2.75, 3.05) is 18.4 Å². The van der Waals surface area contributed by atoms with Crippen molar-refractivity contribution in [1.82, 2.24) is 0 Å². The van der Waals surface area contributed by atoms with Crippen LogP contribution in [0.5, 0.6) is 0 Å². The molecule has 0 saturated heterocycles. The smallest absolute Gasteiger partial charge is 0.0340 e. The first-order chi connectivity index (χ1) is 6.86. The summed E-state index contributed by atoms with van der Waals surface area (Å²) in [4.78, 5) is 0. The normalized spacial score (nSPS) is 10.1. The first-order valence-corrected chi connectivity index (χ1v) is 5.39. The molecular weight excluding hydrogens is 172 g/mol. The van der Waals surface area contributed by atoms with Crippen molar-refractivity contribution < 1.29 is 0 Å². The molecule has 78 valence electrons. The zero-order chi connectivity index (χ0) is 10.2. The predicted octanol–water partition coefficient (Wildman–Crippen LogP) is 2.40. The molecule has 0 aliphatic carbocycles. The summed E-state index contributed by atoms with van der Waals surface area (Å²) in [5.74, 6) is 0. The molecule has 0 heterocycles. The molecule has 0 aliphatic rings. The summed E-state index contributed by atoms with van der Waals surface area (Å²) in [5, 5.41) is 3.38. The molecule has 0 aromatic heterocycles. The van der Waals surface area contributed by atoms with Crippen molar-refractivity contribution in [3.8, 4) is 0 Å². The Morgan fingerprint density at radius 3 is 2.50 bits per heavy atom. The van der Waals surface area contributed by atoms with Crippen LogP contribution in [0.25, 0.3) is 0 Å². The lowest BCUT2D eigenvalue weighted by atomic mass is 10.1. The Balaban J connectivity index is 2.38. The van der Waals surface area contributed by atoms with Gasteiger partial charge in [0, 0.05) is 12.2 Å². The van der Waals surface area contributed by atoms with Crippen LogP contribution in [-0.4, -0.2) is 13.1 Å². The standard InChI is InChI=1S/C12H20N2/c1-2-3-10-14-12-6-4-11(5-7-12)8-9-13/h4-7,14H,2-3,8-10,13H2,1H3. The van der Waals surface area contributed by atoms with E-state index in [9.17, 15) is 0 Å². The molecule has 1 aromatic rings. The van der Waals surface area contributed by atoms with Crippen LogP contribution in [0, 0.1) is 0 Å². The van der Waals surface area contributed by atoms with E-state index in [0.717, 1.165) is 19.5 Å². The number of anilines is 1. The molecule has 0 fully saturated rings. The average Bonchev–Trinajstić information content (AvgIpc) is 2.21. The van der Waals surface area contributed by atoms with Crippen LogP contribution in [-0.2, 0) is 6.42 Å². The minimum atomic E-state index is 0.725.